The van der Waals surface area contributed by atoms with Crippen molar-refractivity contribution in [3.05, 3.63) is 241 Å². The Kier molecular flexibility index (Phi) is 12.2. The molecule has 9 rings (SSSR count). The number of aromatic nitrogens is 2. The molecule has 0 radical (unpaired) electrons. The van der Waals surface area contributed by atoms with Gasteiger partial charge in [0, 0.05) is 32.2 Å². The summed E-state index contributed by atoms with van der Waals surface area (Å²) in [6, 6.07) is 67.4. The minimum Gasteiger partial charge on any atom is -0.398 e. The average molecular weight is 819 g/mol. The van der Waals surface area contributed by atoms with E-state index in [1.807, 2.05) is 48.5 Å². The van der Waals surface area contributed by atoms with Crippen molar-refractivity contribution in [3.63, 3.8) is 0 Å². The van der Waals surface area contributed by atoms with E-state index in [0.29, 0.717) is 11.5 Å². The molecular weight excluding hydrogens is 773 g/mol. The lowest BCUT2D eigenvalue weighted by atomic mass is 9.96. The van der Waals surface area contributed by atoms with Crippen molar-refractivity contribution in [2.45, 2.75) is 35.6 Å². The molecule has 1 aliphatic carbocycles. The molecule has 0 aliphatic heterocycles. The quantitative estimate of drug-likeness (QED) is 0.125. The molecular formula is C57H46N4S. The molecule has 1 heterocycles. The fourth-order valence-corrected chi connectivity index (χ4v) is 8.42. The van der Waals surface area contributed by atoms with Crippen molar-refractivity contribution in [1.29, 1.82) is 0 Å². The highest BCUT2D eigenvalue weighted by Gasteiger charge is 2.13. The van der Waals surface area contributed by atoms with Gasteiger partial charge in [-0.2, -0.15) is 0 Å². The maximum atomic E-state index is 6.74. The Morgan fingerprint density at radius 2 is 1.08 bits per heavy atom. The Morgan fingerprint density at radius 3 is 1.69 bits per heavy atom. The van der Waals surface area contributed by atoms with E-state index >= 15 is 0 Å². The number of nitrogens with zero attached hydrogens (tertiary/aromatic N) is 3. The lowest BCUT2D eigenvalue weighted by Gasteiger charge is -2.13. The predicted molar refractivity (Wildman–Crippen MR) is 261 cm³/mol. The van der Waals surface area contributed by atoms with Gasteiger partial charge in [0.2, 0.25) is 0 Å². The normalized spacial score (nSPS) is 13.4. The molecule has 0 saturated carbocycles. The maximum absolute atomic E-state index is 6.74. The van der Waals surface area contributed by atoms with Gasteiger partial charge in [-0.05, 0) is 95.1 Å². The van der Waals surface area contributed by atoms with Crippen LogP contribution in [-0.2, 0) is 0 Å². The van der Waals surface area contributed by atoms with Crippen LogP contribution in [0.1, 0.15) is 48.1 Å². The van der Waals surface area contributed by atoms with Crippen LogP contribution in [0.15, 0.2) is 233 Å². The summed E-state index contributed by atoms with van der Waals surface area (Å²) in [6.07, 6.45) is 10.7. The third-order valence-electron chi connectivity index (χ3n) is 11.1. The lowest BCUT2D eigenvalue weighted by molar-refractivity contribution is 0.820. The maximum Gasteiger partial charge on any atom is 0.160 e. The van der Waals surface area contributed by atoms with Crippen LogP contribution in [0.2, 0.25) is 0 Å². The summed E-state index contributed by atoms with van der Waals surface area (Å²) >= 11 is 1.73. The first-order chi connectivity index (χ1) is 30.5. The van der Waals surface area contributed by atoms with Gasteiger partial charge in [0.05, 0.1) is 23.1 Å². The second kappa shape index (κ2) is 18.9. The SMILES string of the molecule is CC(/N=C(\C=C(/N)c1ccc(C2=CC=CCC2)cc1)c1ccccc1)c1ccc(Sc2ccc(-c3nc(-c4ccccc4)cc(-c4ccc(-c5ccccc5)cc4)n3)cc2)cc1. The smallest absolute Gasteiger partial charge is 0.160 e. The van der Waals surface area contributed by atoms with Crippen LogP contribution in [0.3, 0.4) is 0 Å². The van der Waals surface area contributed by atoms with Gasteiger partial charge < -0.3 is 5.73 Å². The van der Waals surface area contributed by atoms with E-state index in [1.165, 1.54) is 22.3 Å². The fraction of sp³-hybridized carbons (Fsp3) is 0.0702. The van der Waals surface area contributed by atoms with Crippen LogP contribution >= 0.6 is 11.8 Å². The van der Waals surface area contributed by atoms with Crippen LogP contribution in [0.4, 0.5) is 0 Å². The van der Waals surface area contributed by atoms with Gasteiger partial charge in [0.25, 0.3) is 0 Å². The van der Waals surface area contributed by atoms with Gasteiger partial charge in [-0.1, -0.05) is 194 Å². The van der Waals surface area contributed by atoms with Crippen LogP contribution in [0.25, 0.3) is 56.3 Å². The minimum atomic E-state index is -0.0837. The highest BCUT2D eigenvalue weighted by Crippen LogP contribution is 2.33. The number of rotatable bonds is 12. The first kappa shape index (κ1) is 40.1. The van der Waals surface area contributed by atoms with Crippen molar-refractivity contribution in [2.75, 3.05) is 0 Å². The van der Waals surface area contributed by atoms with E-state index in [-0.39, 0.29) is 6.04 Å². The predicted octanol–water partition coefficient (Wildman–Crippen LogP) is 14.6. The summed E-state index contributed by atoms with van der Waals surface area (Å²) in [6.45, 7) is 2.13. The molecule has 300 valence electrons. The van der Waals surface area contributed by atoms with Gasteiger partial charge >= 0.3 is 0 Å². The third-order valence-corrected chi connectivity index (χ3v) is 12.1. The van der Waals surface area contributed by atoms with Crippen molar-refractivity contribution in [2.24, 2.45) is 10.7 Å². The number of hydrogen-bond donors (Lipinski definition) is 1. The summed E-state index contributed by atoms with van der Waals surface area (Å²) in [5.41, 5.74) is 21.2. The molecule has 0 spiro atoms. The second-order valence-corrected chi connectivity index (χ2v) is 16.5. The number of allylic oxidation sites excluding steroid dienone is 5. The Balaban J connectivity index is 0.917. The summed E-state index contributed by atoms with van der Waals surface area (Å²) in [5, 5.41) is 0. The zero-order valence-electron chi connectivity index (χ0n) is 34.6. The van der Waals surface area contributed by atoms with Crippen LogP contribution < -0.4 is 5.73 Å². The topological polar surface area (TPSA) is 64.2 Å². The van der Waals surface area contributed by atoms with E-state index < -0.39 is 0 Å². The highest BCUT2D eigenvalue weighted by molar-refractivity contribution is 7.99. The van der Waals surface area contributed by atoms with Gasteiger partial charge in [-0.3, -0.25) is 4.99 Å². The summed E-state index contributed by atoms with van der Waals surface area (Å²) < 4.78 is 0. The van der Waals surface area contributed by atoms with Gasteiger partial charge in [-0.15, -0.1) is 0 Å². The average Bonchev–Trinajstić information content (AvgIpc) is 3.35. The largest absolute Gasteiger partial charge is 0.398 e. The number of hydrogen-bond acceptors (Lipinski definition) is 5. The molecule has 0 fully saturated rings. The molecule has 1 atom stereocenters. The fourth-order valence-electron chi connectivity index (χ4n) is 7.61. The van der Waals surface area contributed by atoms with Gasteiger partial charge in [0.1, 0.15) is 0 Å². The van der Waals surface area contributed by atoms with Crippen LogP contribution in [0.5, 0.6) is 0 Å². The van der Waals surface area contributed by atoms with E-state index in [4.69, 9.17) is 20.7 Å². The molecule has 4 nitrogen and oxygen atoms in total. The van der Waals surface area contributed by atoms with Crippen molar-refractivity contribution >= 4 is 28.7 Å². The zero-order chi connectivity index (χ0) is 42.1. The molecule has 5 heteroatoms. The third kappa shape index (κ3) is 9.65. The molecule has 2 N–H and O–H groups in total. The lowest BCUT2D eigenvalue weighted by Crippen LogP contribution is -2.06. The second-order valence-electron chi connectivity index (χ2n) is 15.4. The summed E-state index contributed by atoms with van der Waals surface area (Å²) in [7, 11) is 0. The Bertz CT molecular complexity index is 2880. The number of nitrogens with two attached hydrogens (primary N) is 1. The Morgan fingerprint density at radius 1 is 0.565 bits per heavy atom. The number of aliphatic imine (C=N–C) groups is 1. The monoisotopic (exact) mass is 818 g/mol. The molecule has 1 unspecified atom stereocenters. The molecule has 1 aromatic heterocycles. The first-order valence-corrected chi connectivity index (χ1v) is 21.9. The molecule has 0 bridgehead atoms. The molecule has 0 saturated heterocycles. The zero-order valence-corrected chi connectivity index (χ0v) is 35.4. The molecule has 7 aromatic carbocycles. The number of benzene rings is 7. The summed E-state index contributed by atoms with van der Waals surface area (Å²) in [5.74, 6) is 0.693. The van der Waals surface area contributed by atoms with Crippen LogP contribution in [-0.4, -0.2) is 15.7 Å². The molecule has 62 heavy (non-hydrogen) atoms. The van der Waals surface area contributed by atoms with Gasteiger partial charge in [0.15, 0.2) is 5.82 Å². The van der Waals surface area contributed by atoms with Gasteiger partial charge in [-0.25, -0.2) is 9.97 Å². The highest BCUT2D eigenvalue weighted by atomic mass is 32.2. The molecule has 8 aromatic rings. The van der Waals surface area contributed by atoms with E-state index in [1.54, 1.807) is 11.8 Å². The van der Waals surface area contributed by atoms with Crippen molar-refractivity contribution in [1.82, 2.24) is 9.97 Å². The first-order valence-electron chi connectivity index (χ1n) is 21.1. The minimum absolute atomic E-state index is 0.0837. The van der Waals surface area contributed by atoms with E-state index in [9.17, 15) is 0 Å². The Hall–Kier alpha value is -7.34. The van der Waals surface area contributed by atoms with Crippen molar-refractivity contribution in [3.8, 4) is 45.0 Å². The molecule has 0 amide bonds. The summed E-state index contributed by atoms with van der Waals surface area (Å²) in [4.78, 5) is 17.6. The van der Waals surface area contributed by atoms with Crippen molar-refractivity contribution < 1.29 is 0 Å². The molecule has 1 aliphatic rings. The van der Waals surface area contributed by atoms with E-state index in [2.05, 4.69) is 177 Å². The van der Waals surface area contributed by atoms with Crippen LogP contribution in [0, 0.1) is 0 Å². The Labute approximate surface area is 369 Å². The standard InChI is InChI=1S/C57H46N4S/c1-40(59-54(47-18-10-4-11-19-47)38-53(58)46-26-22-44(23-27-46)42-14-6-2-7-15-42)41-30-34-51(35-31-41)62-52-36-32-50(33-37-52)57-60-55(48-20-12-5-13-21-48)39-56(61-57)49-28-24-45(25-29-49)43-16-8-3-9-17-43/h2-6,8-14,16-40H,7,15,58H2,1H3/b53-38-,59-54+. The van der Waals surface area contributed by atoms with E-state index in [0.717, 1.165) is 73.1 Å².